The predicted octanol–water partition coefficient (Wildman–Crippen LogP) is 2.81. The molecule has 0 atom stereocenters. The van der Waals surface area contributed by atoms with Gasteiger partial charge in [0.25, 0.3) is 0 Å². The molecule has 3 aromatic rings. The summed E-state index contributed by atoms with van der Waals surface area (Å²) < 4.78 is 2.64. The zero-order chi connectivity index (χ0) is 16.8. The lowest BCUT2D eigenvalue weighted by molar-refractivity contribution is 0.252. The van der Waals surface area contributed by atoms with Crippen molar-refractivity contribution >= 4 is 34.3 Å². The van der Waals surface area contributed by atoms with Crippen LogP contribution in [0, 0.1) is 0 Å². The highest BCUT2D eigenvalue weighted by molar-refractivity contribution is 8.00. The Morgan fingerprint density at radius 3 is 2.88 bits per heavy atom. The number of hydrogen-bond acceptors (Lipinski definition) is 6. The Morgan fingerprint density at radius 2 is 2.12 bits per heavy atom. The minimum Gasteiger partial charge on any atom is -0.337 e. The Labute approximate surface area is 147 Å². The molecule has 2 heterocycles. The number of carbonyl (C=O) groups excluding carboxylic acids is 1. The van der Waals surface area contributed by atoms with Gasteiger partial charge in [0, 0.05) is 12.7 Å². The van der Waals surface area contributed by atoms with Crippen LogP contribution in [0.1, 0.15) is 5.56 Å². The molecule has 7 nitrogen and oxygen atoms in total. The van der Waals surface area contributed by atoms with Crippen LogP contribution >= 0.6 is 23.1 Å². The summed E-state index contributed by atoms with van der Waals surface area (Å²) in [7, 11) is 0. The van der Waals surface area contributed by atoms with Crippen molar-refractivity contribution in [2.24, 2.45) is 0 Å². The molecule has 0 unspecified atom stereocenters. The van der Waals surface area contributed by atoms with E-state index in [4.69, 9.17) is 0 Å². The normalized spacial score (nSPS) is 10.5. The highest BCUT2D eigenvalue weighted by Crippen LogP contribution is 2.22. The number of nitrogens with one attached hydrogen (secondary N) is 2. The molecule has 0 aliphatic rings. The molecule has 0 radical (unpaired) electrons. The van der Waals surface area contributed by atoms with Gasteiger partial charge in [0.1, 0.15) is 0 Å². The number of para-hydroxylation sites is 1. The number of hydrogen-bond donors (Lipinski definition) is 2. The topological polar surface area (TPSA) is 84.7 Å². The fourth-order valence-electron chi connectivity index (χ4n) is 2.02. The van der Waals surface area contributed by atoms with Crippen molar-refractivity contribution in [3.05, 3.63) is 48.3 Å². The molecular weight excluding hydrogens is 344 g/mol. The third kappa shape index (κ3) is 4.33. The van der Waals surface area contributed by atoms with Crippen LogP contribution in [-0.4, -0.2) is 38.8 Å². The molecule has 2 amide bonds. The summed E-state index contributed by atoms with van der Waals surface area (Å²) in [6, 6.07) is 9.61. The Balaban J connectivity index is 1.46. The molecule has 3 rings (SSSR count). The fraction of sp³-hybridized carbons (Fsp3) is 0.200. The largest absolute Gasteiger partial charge is 0.337 e. The van der Waals surface area contributed by atoms with Gasteiger partial charge in [-0.3, -0.25) is 5.32 Å². The lowest BCUT2D eigenvalue weighted by atomic mass is 10.2. The van der Waals surface area contributed by atoms with E-state index >= 15 is 0 Å². The molecule has 1 aromatic carbocycles. The van der Waals surface area contributed by atoms with Gasteiger partial charge in [0.2, 0.25) is 5.13 Å². The van der Waals surface area contributed by atoms with E-state index in [-0.39, 0.29) is 6.03 Å². The van der Waals surface area contributed by atoms with Crippen LogP contribution in [0.25, 0.3) is 5.69 Å². The summed E-state index contributed by atoms with van der Waals surface area (Å²) in [5, 5.41) is 18.1. The first kappa shape index (κ1) is 16.5. The zero-order valence-corrected chi connectivity index (χ0v) is 14.6. The van der Waals surface area contributed by atoms with Crippen LogP contribution in [0.15, 0.2) is 47.1 Å². The van der Waals surface area contributed by atoms with Crippen molar-refractivity contribution in [2.45, 2.75) is 10.8 Å². The van der Waals surface area contributed by atoms with Crippen LogP contribution in [0.4, 0.5) is 9.93 Å². The average molecular weight is 360 g/mol. The second kappa shape index (κ2) is 7.93. The second-order valence-electron chi connectivity index (χ2n) is 4.84. The minimum atomic E-state index is -0.283. The third-order valence-corrected chi connectivity index (χ3v) is 4.97. The monoisotopic (exact) mass is 360 g/mol. The molecule has 0 bridgehead atoms. The van der Waals surface area contributed by atoms with Crippen molar-refractivity contribution in [2.75, 3.05) is 18.1 Å². The van der Waals surface area contributed by atoms with E-state index < -0.39 is 0 Å². The fourth-order valence-corrected chi connectivity index (χ4v) is 3.18. The van der Waals surface area contributed by atoms with Gasteiger partial charge in [-0.05, 0) is 30.4 Å². The number of anilines is 1. The maximum absolute atomic E-state index is 11.8. The van der Waals surface area contributed by atoms with Gasteiger partial charge in [-0.2, -0.15) is 5.10 Å². The number of amides is 2. The van der Waals surface area contributed by atoms with Gasteiger partial charge in [0.15, 0.2) is 4.34 Å². The summed E-state index contributed by atoms with van der Waals surface area (Å²) in [5.74, 6) is 0. The number of nitrogens with zero attached hydrogens (tertiary/aromatic N) is 4. The lowest BCUT2D eigenvalue weighted by Crippen LogP contribution is -2.30. The highest BCUT2D eigenvalue weighted by atomic mass is 32.2. The molecule has 0 saturated carbocycles. The van der Waals surface area contributed by atoms with E-state index in [1.54, 1.807) is 0 Å². The van der Waals surface area contributed by atoms with Gasteiger partial charge in [0.05, 0.1) is 11.9 Å². The first-order chi connectivity index (χ1) is 11.7. The van der Waals surface area contributed by atoms with E-state index in [2.05, 4.69) is 25.9 Å². The number of urea groups is 1. The van der Waals surface area contributed by atoms with Crippen molar-refractivity contribution in [1.82, 2.24) is 25.3 Å². The van der Waals surface area contributed by atoms with Gasteiger partial charge in [-0.25, -0.2) is 9.48 Å². The first-order valence-corrected chi connectivity index (χ1v) is 9.30. The van der Waals surface area contributed by atoms with Crippen molar-refractivity contribution in [3.63, 3.8) is 0 Å². The molecule has 0 saturated heterocycles. The quantitative estimate of drug-likeness (QED) is 0.522. The molecule has 2 N–H and O–H groups in total. The van der Waals surface area contributed by atoms with E-state index in [0.29, 0.717) is 18.1 Å². The van der Waals surface area contributed by atoms with E-state index in [9.17, 15) is 4.79 Å². The third-order valence-electron chi connectivity index (χ3n) is 3.16. The standard InChI is InChI=1S/C15H16N6OS2/c1-23-15-20-19-14(24-15)18-13(22)16-8-7-11-9-17-21(10-11)12-5-3-2-4-6-12/h2-6,9-10H,7-8H2,1H3,(H2,16,18,19,22). The average Bonchev–Trinajstić information content (AvgIpc) is 3.25. The highest BCUT2D eigenvalue weighted by Gasteiger charge is 2.07. The number of rotatable bonds is 6. The predicted molar refractivity (Wildman–Crippen MR) is 96.0 cm³/mol. The van der Waals surface area contributed by atoms with Crippen LogP contribution in [-0.2, 0) is 6.42 Å². The maximum Gasteiger partial charge on any atom is 0.321 e. The summed E-state index contributed by atoms with van der Waals surface area (Å²) >= 11 is 2.84. The Kier molecular flexibility index (Phi) is 5.44. The minimum absolute atomic E-state index is 0.283. The SMILES string of the molecule is CSc1nnc(NC(=O)NCCc2cnn(-c3ccccc3)c2)s1. The summed E-state index contributed by atoms with van der Waals surface area (Å²) in [6.07, 6.45) is 6.39. The van der Waals surface area contributed by atoms with Gasteiger partial charge in [-0.15, -0.1) is 10.2 Å². The van der Waals surface area contributed by atoms with Crippen LogP contribution in [0.3, 0.4) is 0 Å². The smallest absolute Gasteiger partial charge is 0.321 e. The summed E-state index contributed by atoms with van der Waals surface area (Å²) in [6.45, 7) is 0.514. The zero-order valence-electron chi connectivity index (χ0n) is 13.0. The molecule has 0 aliphatic carbocycles. The molecule has 0 fully saturated rings. The number of aromatic nitrogens is 4. The first-order valence-electron chi connectivity index (χ1n) is 7.26. The number of benzene rings is 1. The Hall–Kier alpha value is -2.39. The molecular formula is C15H16N6OS2. The van der Waals surface area contributed by atoms with E-state index in [1.165, 1.54) is 23.1 Å². The molecule has 124 valence electrons. The molecule has 0 spiro atoms. The second-order valence-corrected chi connectivity index (χ2v) is 6.87. The van der Waals surface area contributed by atoms with E-state index in [0.717, 1.165) is 15.6 Å². The molecule has 24 heavy (non-hydrogen) atoms. The van der Waals surface area contributed by atoms with Gasteiger partial charge < -0.3 is 5.32 Å². The maximum atomic E-state index is 11.8. The molecule has 0 aliphatic heterocycles. The van der Waals surface area contributed by atoms with Crippen LogP contribution in [0.5, 0.6) is 0 Å². The lowest BCUT2D eigenvalue weighted by Gasteiger charge is -2.03. The summed E-state index contributed by atoms with van der Waals surface area (Å²) in [5.41, 5.74) is 2.06. The van der Waals surface area contributed by atoms with Crippen LogP contribution < -0.4 is 10.6 Å². The summed E-state index contributed by atoms with van der Waals surface area (Å²) in [4.78, 5) is 11.8. The molecule has 2 aromatic heterocycles. The Bertz CT molecular complexity index is 801. The number of carbonyl (C=O) groups is 1. The van der Waals surface area contributed by atoms with Gasteiger partial charge >= 0.3 is 6.03 Å². The van der Waals surface area contributed by atoms with Crippen LogP contribution in [0.2, 0.25) is 0 Å². The van der Waals surface area contributed by atoms with Gasteiger partial charge in [-0.1, -0.05) is 41.3 Å². The number of thioether (sulfide) groups is 1. The Morgan fingerprint density at radius 1 is 1.29 bits per heavy atom. The van der Waals surface area contributed by atoms with Crippen molar-refractivity contribution in [1.29, 1.82) is 0 Å². The van der Waals surface area contributed by atoms with Crippen molar-refractivity contribution in [3.8, 4) is 5.69 Å². The molecule has 9 heteroatoms. The van der Waals surface area contributed by atoms with E-state index in [1.807, 2.05) is 53.7 Å². The van der Waals surface area contributed by atoms with Crippen molar-refractivity contribution < 1.29 is 4.79 Å².